The maximum Gasteiger partial charge on any atom is 0.139 e. The van der Waals surface area contributed by atoms with Crippen LogP contribution in [0.2, 0.25) is 0 Å². The third kappa shape index (κ3) is 1.17. The van der Waals surface area contributed by atoms with Crippen LogP contribution < -0.4 is 5.32 Å². The number of fused-ring (bicyclic) bond motifs is 1. The van der Waals surface area contributed by atoms with Crippen molar-refractivity contribution in [2.45, 2.75) is 26.2 Å². The van der Waals surface area contributed by atoms with E-state index >= 15 is 0 Å². The van der Waals surface area contributed by atoms with Gasteiger partial charge in [-0.1, -0.05) is 19.9 Å². The number of hydrogen-bond acceptors (Lipinski definition) is 2. The van der Waals surface area contributed by atoms with E-state index in [4.69, 9.17) is 0 Å². The largest absolute Gasteiger partial charge is 0.506 e. The van der Waals surface area contributed by atoms with Crippen molar-refractivity contribution in [3.8, 4) is 5.75 Å². The topological polar surface area (TPSA) is 32.3 Å². The SMILES string of the molecule is Cc1cc(O)c2c(c1)C(C)(C)CN2. The first-order valence-electron chi connectivity index (χ1n) is 4.59. The van der Waals surface area contributed by atoms with Gasteiger partial charge in [0.25, 0.3) is 0 Å². The highest BCUT2D eigenvalue weighted by molar-refractivity contribution is 5.68. The van der Waals surface area contributed by atoms with Crippen molar-refractivity contribution in [3.05, 3.63) is 23.3 Å². The quantitative estimate of drug-likeness (QED) is 0.596. The van der Waals surface area contributed by atoms with Crippen LogP contribution in [0, 0.1) is 6.92 Å². The lowest BCUT2D eigenvalue weighted by Crippen LogP contribution is -2.18. The summed E-state index contributed by atoms with van der Waals surface area (Å²) in [4.78, 5) is 0. The van der Waals surface area contributed by atoms with E-state index in [0.29, 0.717) is 5.75 Å². The maximum absolute atomic E-state index is 9.68. The van der Waals surface area contributed by atoms with E-state index < -0.39 is 0 Å². The molecular formula is C11H15NO. The van der Waals surface area contributed by atoms with Gasteiger partial charge in [-0.2, -0.15) is 0 Å². The molecule has 0 saturated heterocycles. The van der Waals surface area contributed by atoms with Crippen LogP contribution in [0.1, 0.15) is 25.0 Å². The number of nitrogens with one attached hydrogen (secondary N) is 1. The molecule has 2 heteroatoms. The van der Waals surface area contributed by atoms with Crippen molar-refractivity contribution in [2.24, 2.45) is 0 Å². The Balaban J connectivity index is 2.65. The van der Waals surface area contributed by atoms with Crippen LogP contribution in [0.15, 0.2) is 12.1 Å². The molecule has 2 nitrogen and oxygen atoms in total. The molecule has 1 heterocycles. The van der Waals surface area contributed by atoms with Crippen LogP contribution in [0.25, 0.3) is 0 Å². The molecule has 1 aliphatic heterocycles. The molecule has 0 aliphatic carbocycles. The Hall–Kier alpha value is -1.18. The monoisotopic (exact) mass is 177 g/mol. The van der Waals surface area contributed by atoms with Crippen LogP contribution >= 0.6 is 0 Å². The average Bonchev–Trinajstić information content (AvgIpc) is 2.28. The zero-order valence-corrected chi connectivity index (χ0v) is 8.31. The molecule has 0 radical (unpaired) electrons. The lowest BCUT2D eigenvalue weighted by molar-refractivity contribution is 0.476. The van der Waals surface area contributed by atoms with E-state index in [2.05, 4.69) is 25.2 Å². The minimum atomic E-state index is 0.138. The van der Waals surface area contributed by atoms with Crippen molar-refractivity contribution in [1.82, 2.24) is 0 Å². The number of aryl methyl sites for hydroxylation is 1. The molecule has 0 saturated carbocycles. The highest BCUT2D eigenvalue weighted by Gasteiger charge is 2.31. The lowest BCUT2D eigenvalue weighted by atomic mass is 9.86. The Morgan fingerprint density at radius 1 is 1.38 bits per heavy atom. The van der Waals surface area contributed by atoms with Gasteiger partial charge in [-0.25, -0.2) is 0 Å². The molecule has 0 atom stereocenters. The van der Waals surface area contributed by atoms with Gasteiger partial charge in [-0.3, -0.25) is 0 Å². The van der Waals surface area contributed by atoms with Crippen LogP contribution in [0.3, 0.4) is 0 Å². The molecular weight excluding hydrogens is 162 g/mol. The summed E-state index contributed by atoms with van der Waals surface area (Å²) in [6.07, 6.45) is 0. The van der Waals surface area contributed by atoms with Gasteiger partial charge >= 0.3 is 0 Å². The number of hydrogen-bond donors (Lipinski definition) is 2. The molecule has 1 aromatic carbocycles. The summed E-state index contributed by atoms with van der Waals surface area (Å²) in [7, 11) is 0. The molecule has 0 fully saturated rings. The Labute approximate surface area is 78.6 Å². The molecule has 0 bridgehead atoms. The third-order valence-corrected chi connectivity index (χ3v) is 2.70. The molecule has 0 aromatic heterocycles. The van der Waals surface area contributed by atoms with E-state index in [1.807, 2.05) is 6.92 Å². The minimum Gasteiger partial charge on any atom is -0.506 e. The molecule has 1 aromatic rings. The number of phenols is 1. The number of rotatable bonds is 0. The second-order valence-corrected chi connectivity index (χ2v) is 4.44. The molecule has 13 heavy (non-hydrogen) atoms. The fourth-order valence-electron chi connectivity index (χ4n) is 1.89. The fourth-order valence-corrected chi connectivity index (χ4v) is 1.89. The van der Waals surface area contributed by atoms with E-state index in [0.717, 1.165) is 17.8 Å². The third-order valence-electron chi connectivity index (χ3n) is 2.70. The smallest absolute Gasteiger partial charge is 0.139 e. The molecule has 0 unspecified atom stereocenters. The predicted octanol–water partition coefficient (Wildman–Crippen LogP) is 2.40. The first kappa shape index (κ1) is 8.42. The summed E-state index contributed by atoms with van der Waals surface area (Å²) >= 11 is 0. The van der Waals surface area contributed by atoms with Gasteiger partial charge in [0.15, 0.2) is 0 Å². The van der Waals surface area contributed by atoms with Gasteiger partial charge in [-0.15, -0.1) is 0 Å². The molecule has 1 aliphatic rings. The van der Waals surface area contributed by atoms with Gasteiger partial charge in [0.05, 0.1) is 5.69 Å². The van der Waals surface area contributed by atoms with Crippen LogP contribution in [0.4, 0.5) is 5.69 Å². The molecule has 70 valence electrons. The summed E-state index contributed by atoms with van der Waals surface area (Å²) in [5, 5.41) is 12.9. The number of anilines is 1. The molecule has 2 rings (SSSR count). The molecule has 0 spiro atoms. The summed E-state index contributed by atoms with van der Waals surface area (Å²) in [6.45, 7) is 7.28. The maximum atomic E-state index is 9.68. The average molecular weight is 177 g/mol. The standard InChI is InChI=1S/C11H15NO/c1-7-4-8-10(9(13)5-7)12-6-11(8,2)3/h4-5,12-13H,6H2,1-3H3. The highest BCUT2D eigenvalue weighted by atomic mass is 16.3. The molecule has 0 amide bonds. The predicted molar refractivity (Wildman–Crippen MR) is 54.4 cm³/mol. The Morgan fingerprint density at radius 2 is 2.08 bits per heavy atom. The minimum absolute atomic E-state index is 0.138. The van der Waals surface area contributed by atoms with Crippen molar-refractivity contribution < 1.29 is 5.11 Å². The normalized spacial score (nSPS) is 18.1. The summed E-state index contributed by atoms with van der Waals surface area (Å²) in [5.74, 6) is 0.376. The van der Waals surface area contributed by atoms with E-state index in [-0.39, 0.29) is 5.41 Å². The summed E-state index contributed by atoms with van der Waals surface area (Å²) in [5.41, 5.74) is 3.40. The number of aromatic hydroxyl groups is 1. The number of benzene rings is 1. The Kier molecular flexibility index (Phi) is 1.56. The van der Waals surface area contributed by atoms with Gasteiger partial charge in [0.1, 0.15) is 5.75 Å². The second kappa shape index (κ2) is 2.41. The first-order valence-corrected chi connectivity index (χ1v) is 4.59. The van der Waals surface area contributed by atoms with Gasteiger partial charge < -0.3 is 10.4 Å². The molecule has 2 N–H and O–H groups in total. The van der Waals surface area contributed by atoms with Crippen LogP contribution in [-0.4, -0.2) is 11.7 Å². The first-order chi connectivity index (χ1) is 6.00. The van der Waals surface area contributed by atoms with Gasteiger partial charge in [0.2, 0.25) is 0 Å². The van der Waals surface area contributed by atoms with Crippen LogP contribution in [0.5, 0.6) is 5.75 Å². The highest BCUT2D eigenvalue weighted by Crippen LogP contribution is 2.41. The van der Waals surface area contributed by atoms with Crippen molar-refractivity contribution in [3.63, 3.8) is 0 Å². The second-order valence-electron chi connectivity index (χ2n) is 4.44. The van der Waals surface area contributed by atoms with Gasteiger partial charge in [-0.05, 0) is 24.1 Å². The zero-order valence-electron chi connectivity index (χ0n) is 8.31. The van der Waals surface area contributed by atoms with Gasteiger partial charge in [0, 0.05) is 12.0 Å². The Morgan fingerprint density at radius 3 is 2.77 bits per heavy atom. The van der Waals surface area contributed by atoms with Crippen molar-refractivity contribution >= 4 is 5.69 Å². The van der Waals surface area contributed by atoms with Crippen molar-refractivity contribution in [1.29, 1.82) is 0 Å². The summed E-state index contributed by atoms with van der Waals surface area (Å²) in [6, 6.07) is 3.95. The van der Waals surface area contributed by atoms with E-state index in [1.165, 1.54) is 5.56 Å². The summed E-state index contributed by atoms with van der Waals surface area (Å²) < 4.78 is 0. The zero-order chi connectivity index (χ0) is 9.64. The van der Waals surface area contributed by atoms with Crippen LogP contribution in [-0.2, 0) is 5.41 Å². The Bertz CT molecular complexity index is 355. The fraction of sp³-hybridized carbons (Fsp3) is 0.455. The number of phenolic OH excluding ortho intramolecular Hbond substituents is 1. The van der Waals surface area contributed by atoms with E-state index in [1.54, 1.807) is 6.07 Å². The lowest BCUT2D eigenvalue weighted by Gasteiger charge is -2.17. The van der Waals surface area contributed by atoms with E-state index in [9.17, 15) is 5.11 Å². The van der Waals surface area contributed by atoms with Crippen molar-refractivity contribution in [2.75, 3.05) is 11.9 Å².